The number of alkyl halides is 5. The molecule has 0 fully saturated rings. The summed E-state index contributed by atoms with van der Waals surface area (Å²) in [6, 6.07) is 8.34. The van der Waals surface area contributed by atoms with Crippen molar-refractivity contribution in [3.05, 3.63) is 75.6 Å². The Labute approximate surface area is 217 Å². The molecule has 38 heavy (non-hydrogen) atoms. The third-order valence-electron chi connectivity index (χ3n) is 5.73. The van der Waals surface area contributed by atoms with Crippen LogP contribution < -0.4 is 4.74 Å². The van der Waals surface area contributed by atoms with E-state index in [0.29, 0.717) is 4.57 Å². The average Bonchev–Trinajstić information content (AvgIpc) is 3.27. The van der Waals surface area contributed by atoms with Crippen molar-refractivity contribution in [2.24, 2.45) is 0 Å². The van der Waals surface area contributed by atoms with Gasteiger partial charge in [-0.25, -0.2) is 4.85 Å². The number of esters is 1. The Morgan fingerprint density at radius 1 is 1.18 bits per heavy atom. The number of rotatable bonds is 6. The number of carbonyl (C=O) groups is 1. The summed E-state index contributed by atoms with van der Waals surface area (Å²) in [4.78, 5) is 15.7. The normalized spacial score (nSPS) is 17.1. The van der Waals surface area contributed by atoms with Gasteiger partial charge in [-0.3, -0.25) is 9.36 Å². The van der Waals surface area contributed by atoms with Gasteiger partial charge in [0.05, 0.1) is 37.4 Å². The van der Waals surface area contributed by atoms with Crippen LogP contribution in [0.2, 0.25) is 5.02 Å². The number of carbonyl (C=O) groups excluding carboxylic acids is 1. The van der Waals surface area contributed by atoms with E-state index >= 15 is 0 Å². The fraction of sp³-hybridized carbons (Fsp3) is 0.333. The molecule has 4 rings (SSSR count). The highest BCUT2D eigenvalue weighted by Gasteiger charge is 2.63. The van der Waals surface area contributed by atoms with Crippen LogP contribution >= 0.6 is 11.6 Å². The van der Waals surface area contributed by atoms with Crippen molar-refractivity contribution in [2.75, 3.05) is 13.7 Å². The molecule has 0 amide bonds. The van der Waals surface area contributed by atoms with E-state index in [0.717, 1.165) is 0 Å². The molecule has 3 aromatic rings. The second-order valence-corrected chi connectivity index (χ2v) is 8.40. The maximum Gasteiger partial charge on any atom is 0.461 e. The third-order valence-corrected chi connectivity index (χ3v) is 6.13. The molecule has 0 radical (unpaired) electrons. The Morgan fingerprint density at radius 2 is 1.92 bits per heavy atom. The number of hydrogen-bond acceptors (Lipinski definition) is 6. The van der Waals surface area contributed by atoms with Crippen LogP contribution in [0.5, 0.6) is 5.75 Å². The largest absolute Gasteiger partial charge is 0.495 e. The van der Waals surface area contributed by atoms with Crippen molar-refractivity contribution in [3.63, 3.8) is 0 Å². The Kier molecular flexibility index (Phi) is 7.31. The van der Waals surface area contributed by atoms with Crippen LogP contribution in [0.4, 0.5) is 27.6 Å². The van der Waals surface area contributed by atoms with Gasteiger partial charge in [0.2, 0.25) is 5.82 Å². The molecule has 0 aliphatic carbocycles. The van der Waals surface area contributed by atoms with Crippen LogP contribution in [0, 0.1) is 6.57 Å². The van der Waals surface area contributed by atoms with Crippen molar-refractivity contribution in [3.8, 4) is 11.4 Å². The van der Waals surface area contributed by atoms with Crippen molar-refractivity contribution in [1.29, 1.82) is 0 Å². The number of ether oxygens (including phenoxy) is 3. The lowest BCUT2D eigenvalue weighted by molar-refractivity contribution is -0.293. The number of halogens is 6. The lowest BCUT2D eigenvalue weighted by Gasteiger charge is -2.24. The minimum absolute atomic E-state index is 0.0142. The summed E-state index contributed by atoms with van der Waals surface area (Å²) in [6.45, 7) is 8.91. The van der Waals surface area contributed by atoms with E-state index in [2.05, 4.69) is 15.0 Å². The highest BCUT2D eigenvalue weighted by Crippen LogP contribution is 2.49. The maximum absolute atomic E-state index is 14.7. The number of methoxy groups -OCH3 is 1. The maximum atomic E-state index is 14.7. The second kappa shape index (κ2) is 10.2. The van der Waals surface area contributed by atoms with Crippen LogP contribution in [-0.4, -0.2) is 40.6 Å². The van der Waals surface area contributed by atoms with E-state index in [4.69, 9.17) is 32.4 Å². The minimum Gasteiger partial charge on any atom is -0.495 e. The fourth-order valence-corrected chi connectivity index (χ4v) is 4.34. The standard InChI is InChI=1S/C24H18ClF5N4O4/c1-4-37-18(35)11-17-21-32-33-22(23(26,27)24(28,29)30)34(21)15-9-8-12(31-2)10-14(15)20(38-17)13-6-5-7-16(36-3)19(13)25/h5-10,17,20H,4,11H2,1,3H3/t17-,20-/m1/s1. The van der Waals surface area contributed by atoms with E-state index in [9.17, 15) is 26.7 Å². The SMILES string of the molecule is [C-]#[N+]c1ccc2c(c1)[C@@H](c1cccc(OC)c1Cl)O[C@H](CC(=O)OCC)c1nnc(C(F)(F)C(F)(F)F)n1-2. The number of hydrogen-bond donors (Lipinski definition) is 0. The van der Waals surface area contributed by atoms with E-state index in [-0.39, 0.29) is 39.9 Å². The zero-order chi connectivity index (χ0) is 27.8. The van der Waals surface area contributed by atoms with Gasteiger partial charge in [-0.2, -0.15) is 22.0 Å². The highest BCUT2D eigenvalue weighted by molar-refractivity contribution is 6.32. The molecule has 1 aliphatic rings. The number of nitrogens with zero attached hydrogens (tertiary/aromatic N) is 4. The summed E-state index contributed by atoms with van der Waals surface area (Å²) in [6.07, 6.45) is -9.34. The Morgan fingerprint density at radius 3 is 2.55 bits per heavy atom. The summed E-state index contributed by atoms with van der Waals surface area (Å²) >= 11 is 6.53. The Balaban J connectivity index is 2.04. The monoisotopic (exact) mass is 556 g/mol. The molecular weight excluding hydrogens is 539 g/mol. The first-order chi connectivity index (χ1) is 17.9. The fourth-order valence-electron chi connectivity index (χ4n) is 4.04. The molecule has 0 N–H and O–H groups in total. The molecule has 1 aliphatic heterocycles. The minimum atomic E-state index is -6.01. The molecule has 1 aromatic heterocycles. The number of aromatic nitrogens is 3. The topological polar surface area (TPSA) is 79.8 Å². The van der Waals surface area contributed by atoms with Gasteiger partial charge in [0.1, 0.15) is 18.0 Å². The predicted molar refractivity (Wildman–Crippen MR) is 122 cm³/mol. The van der Waals surface area contributed by atoms with Crippen molar-refractivity contribution < 1.29 is 41.0 Å². The van der Waals surface area contributed by atoms with Crippen LogP contribution in [-0.2, 0) is 20.2 Å². The molecule has 0 saturated carbocycles. The van der Waals surface area contributed by atoms with Gasteiger partial charge >= 0.3 is 18.1 Å². The molecule has 2 atom stereocenters. The van der Waals surface area contributed by atoms with Gasteiger partial charge in [-0.05, 0) is 30.7 Å². The van der Waals surface area contributed by atoms with Gasteiger partial charge < -0.3 is 14.2 Å². The summed E-state index contributed by atoms with van der Waals surface area (Å²) in [7, 11) is 1.36. The first-order valence-corrected chi connectivity index (χ1v) is 11.4. The molecule has 0 unspecified atom stereocenters. The molecule has 0 spiro atoms. The molecule has 2 heterocycles. The van der Waals surface area contributed by atoms with Crippen LogP contribution in [0.25, 0.3) is 10.5 Å². The first-order valence-electron chi connectivity index (χ1n) is 11.0. The number of benzene rings is 2. The Bertz CT molecular complexity index is 1420. The molecular formula is C24H18ClF5N4O4. The van der Waals surface area contributed by atoms with Crippen molar-refractivity contribution in [2.45, 2.75) is 37.7 Å². The average molecular weight is 557 g/mol. The Hall–Kier alpha value is -3.76. The highest BCUT2D eigenvalue weighted by atomic mass is 35.5. The van der Waals surface area contributed by atoms with Crippen molar-refractivity contribution >= 4 is 23.3 Å². The predicted octanol–water partition coefficient (Wildman–Crippen LogP) is 6.25. The van der Waals surface area contributed by atoms with Crippen molar-refractivity contribution in [1.82, 2.24) is 14.8 Å². The first kappa shape index (κ1) is 27.3. The lowest BCUT2D eigenvalue weighted by atomic mass is 9.98. The van der Waals surface area contributed by atoms with Crippen LogP contribution in [0.1, 0.15) is 48.3 Å². The van der Waals surface area contributed by atoms with E-state index in [1.165, 1.54) is 38.3 Å². The molecule has 0 saturated heterocycles. The summed E-state index contributed by atoms with van der Waals surface area (Å²) in [5.41, 5.74) is 0.0805. The molecule has 14 heteroatoms. The van der Waals surface area contributed by atoms with Gasteiger partial charge in [-0.15, -0.1) is 10.2 Å². The smallest absolute Gasteiger partial charge is 0.461 e. The zero-order valence-corrected chi connectivity index (χ0v) is 20.5. The molecule has 200 valence electrons. The van der Waals surface area contributed by atoms with E-state index < -0.39 is 48.3 Å². The summed E-state index contributed by atoms with van der Waals surface area (Å²) in [5.74, 6) is -8.23. The van der Waals surface area contributed by atoms with Crippen LogP contribution in [0.3, 0.4) is 0 Å². The van der Waals surface area contributed by atoms with Gasteiger partial charge in [0.25, 0.3) is 0 Å². The van der Waals surface area contributed by atoms with Gasteiger partial charge in [0, 0.05) is 5.56 Å². The van der Waals surface area contributed by atoms with Gasteiger partial charge in [-0.1, -0.05) is 29.8 Å². The summed E-state index contributed by atoms with van der Waals surface area (Å²) in [5, 5.41) is 6.83. The zero-order valence-electron chi connectivity index (χ0n) is 19.7. The summed E-state index contributed by atoms with van der Waals surface area (Å²) < 4.78 is 86.6. The molecule has 8 nitrogen and oxygen atoms in total. The molecule has 2 aromatic carbocycles. The quantitative estimate of drug-likeness (QED) is 0.203. The van der Waals surface area contributed by atoms with Gasteiger partial charge in [0.15, 0.2) is 11.5 Å². The third kappa shape index (κ3) is 4.65. The lowest BCUT2D eigenvalue weighted by Crippen LogP contribution is -2.36. The van der Waals surface area contributed by atoms with E-state index in [1.54, 1.807) is 12.1 Å². The van der Waals surface area contributed by atoms with Crippen LogP contribution in [0.15, 0.2) is 36.4 Å². The second-order valence-electron chi connectivity index (χ2n) is 8.02. The number of fused-ring (bicyclic) bond motifs is 3. The van der Waals surface area contributed by atoms with E-state index in [1.807, 2.05) is 0 Å². The molecule has 0 bridgehead atoms.